The summed E-state index contributed by atoms with van der Waals surface area (Å²) in [6.07, 6.45) is -2.98. The molecule has 1 heterocycles. The minimum Gasteiger partial charge on any atom is -0.480 e. The fourth-order valence-electron chi connectivity index (χ4n) is 5.86. The van der Waals surface area contributed by atoms with Gasteiger partial charge in [0, 0.05) is 38.0 Å². The van der Waals surface area contributed by atoms with Crippen molar-refractivity contribution in [3.8, 4) is 22.3 Å². The Kier molecular flexibility index (Phi) is 9.37. The topological polar surface area (TPSA) is 77.9 Å². The molecule has 232 valence electrons. The van der Waals surface area contributed by atoms with Crippen molar-refractivity contribution >= 4 is 17.8 Å². The summed E-state index contributed by atoms with van der Waals surface area (Å²) in [6.45, 7) is 2.06. The van der Waals surface area contributed by atoms with E-state index in [0.29, 0.717) is 24.1 Å². The molecular formula is C36H33F3N2O4. The second-order valence-electron chi connectivity index (χ2n) is 11.2. The van der Waals surface area contributed by atoms with Crippen LogP contribution in [0.4, 0.5) is 13.2 Å². The van der Waals surface area contributed by atoms with Gasteiger partial charge in [-0.05, 0) is 64.9 Å². The predicted molar refractivity (Wildman–Crippen MR) is 165 cm³/mol. The van der Waals surface area contributed by atoms with Crippen molar-refractivity contribution in [1.29, 1.82) is 0 Å². The highest BCUT2D eigenvalue weighted by Gasteiger charge is 2.36. The molecule has 0 saturated carbocycles. The van der Waals surface area contributed by atoms with E-state index in [2.05, 4.69) is 0 Å². The normalized spacial score (nSPS) is 15.5. The summed E-state index contributed by atoms with van der Waals surface area (Å²) in [7, 11) is 0. The average Bonchev–Trinajstić information content (AvgIpc) is 3.51. The summed E-state index contributed by atoms with van der Waals surface area (Å²) in [5.74, 6) is -1.80. The molecule has 0 radical (unpaired) electrons. The number of halogens is 3. The van der Waals surface area contributed by atoms with Crippen molar-refractivity contribution in [2.45, 2.75) is 44.4 Å². The summed E-state index contributed by atoms with van der Waals surface area (Å²) in [4.78, 5) is 42.1. The zero-order chi connectivity index (χ0) is 32.1. The van der Waals surface area contributed by atoms with Gasteiger partial charge in [-0.15, -0.1) is 0 Å². The quantitative estimate of drug-likeness (QED) is 0.217. The van der Waals surface area contributed by atoms with E-state index in [1.807, 2.05) is 54.6 Å². The zero-order valence-electron chi connectivity index (χ0n) is 24.7. The summed E-state index contributed by atoms with van der Waals surface area (Å²) in [5.41, 5.74) is 3.39. The molecule has 1 aliphatic rings. The number of carbonyl (C=O) groups excluding carboxylic acids is 2. The van der Waals surface area contributed by atoms with Crippen molar-refractivity contribution in [1.82, 2.24) is 9.80 Å². The van der Waals surface area contributed by atoms with Crippen molar-refractivity contribution < 1.29 is 32.7 Å². The lowest BCUT2D eigenvalue weighted by atomic mass is 9.98. The second-order valence-corrected chi connectivity index (χ2v) is 11.2. The van der Waals surface area contributed by atoms with E-state index in [9.17, 15) is 32.7 Å². The minimum atomic E-state index is -4.44. The van der Waals surface area contributed by atoms with Gasteiger partial charge in [-0.2, -0.15) is 13.2 Å². The molecule has 4 aromatic carbocycles. The van der Waals surface area contributed by atoms with Crippen LogP contribution in [0.15, 0.2) is 103 Å². The highest BCUT2D eigenvalue weighted by molar-refractivity contribution is 5.97. The molecule has 9 heteroatoms. The molecule has 1 saturated heterocycles. The molecule has 0 bridgehead atoms. The van der Waals surface area contributed by atoms with Gasteiger partial charge in [0.15, 0.2) is 0 Å². The van der Waals surface area contributed by atoms with Crippen LogP contribution in [-0.4, -0.2) is 57.9 Å². The number of amides is 2. The summed E-state index contributed by atoms with van der Waals surface area (Å²) >= 11 is 0. The molecule has 45 heavy (non-hydrogen) atoms. The fraction of sp³-hybridized carbons (Fsp3) is 0.250. The molecular weight excluding hydrogens is 581 g/mol. The van der Waals surface area contributed by atoms with Crippen molar-refractivity contribution in [2.24, 2.45) is 0 Å². The first-order chi connectivity index (χ1) is 21.5. The molecule has 2 amide bonds. The van der Waals surface area contributed by atoms with Gasteiger partial charge >= 0.3 is 12.1 Å². The van der Waals surface area contributed by atoms with Gasteiger partial charge < -0.3 is 14.9 Å². The first-order valence-electron chi connectivity index (χ1n) is 14.7. The molecule has 0 unspecified atom stereocenters. The maximum Gasteiger partial charge on any atom is 0.416 e. The molecule has 1 aliphatic heterocycles. The SMILES string of the molecule is CC(=O)N1CCC[C@@H]1CN(C(=O)c1ccc(-c2ccc(C(F)(F)F)cc2)cc1)[C@@H](Cc1ccc(-c2ccccc2)cc1)C(=O)O. The third-order valence-electron chi connectivity index (χ3n) is 8.28. The Balaban J connectivity index is 1.42. The van der Waals surface area contributed by atoms with E-state index in [1.54, 1.807) is 29.2 Å². The third kappa shape index (κ3) is 7.42. The van der Waals surface area contributed by atoms with Gasteiger partial charge in [-0.3, -0.25) is 9.59 Å². The van der Waals surface area contributed by atoms with Crippen LogP contribution in [0.5, 0.6) is 0 Å². The molecule has 2 atom stereocenters. The summed E-state index contributed by atoms with van der Waals surface area (Å²) in [6, 6.07) is 26.9. The highest BCUT2D eigenvalue weighted by Crippen LogP contribution is 2.31. The number of hydrogen-bond acceptors (Lipinski definition) is 3. The molecule has 6 nitrogen and oxygen atoms in total. The third-order valence-corrected chi connectivity index (χ3v) is 8.28. The monoisotopic (exact) mass is 614 g/mol. The number of hydrogen-bond donors (Lipinski definition) is 1. The number of carboxylic acids is 1. The number of alkyl halides is 3. The minimum absolute atomic E-state index is 0.0537. The number of likely N-dealkylation sites (tertiary alicyclic amines) is 1. The highest BCUT2D eigenvalue weighted by atomic mass is 19.4. The van der Waals surface area contributed by atoms with E-state index in [-0.39, 0.29) is 30.5 Å². The molecule has 5 rings (SSSR count). The van der Waals surface area contributed by atoms with E-state index >= 15 is 0 Å². The number of rotatable bonds is 9. The maximum atomic E-state index is 14.0. The van der Waals surface area contributed by atoms with Crippen LogP contribution in [-0.2, 0) is 22.2 Å². The number of carboxylic acid groups (broad SMARTS) is 1. The Hall–Kier alpha value is -4.92. The molecule has 0 spiro atoms. The Labute approximate surface area is 259 Å². The van der Waals surface area contributed by atoms with Crippen LogP contribution < -0.4 is 0 Å². The number of nitrogens with zero attached hydrogens (tertiary/aromatic N) is 2. The van der Waals surface area contributed by atoms with Gasteiger partial charge in [0.1, 0.15) is 6.04 Å². The lowest BCUT2D eigenvalue weighted by Crippen LogP contribution is -2.52. The van der Waals surface area contributed by atoms with Crippen molar-refractivity contribution in [3.63, 3.8) is 0 Å². The van der Waals surface area contributed by atoms with Crippen LogP contribution in [0.1, 0.15) is 41.3 Å². The van der Waals surface area contributed by atoms with Crippen LogP contribution in [0, 0.1) is 0 Å². The molecule has 1 fully saturated rings. The number of aliphatic carboxylic acids is 1. The molecule has 0 aliphatic carbocycles. The van der Waals surface area contributed by atoms with Crippen molar-refractivity contribution in [2.75, 3.05) is 13.1 Å². The van der Waals surface area contributed by atoms with Gasteiger partial charge in [-0.1, -0.05) is 78.9 Å². The average molecular weight is 615 g/mol. The second kappa shape index (κ2) is 13.4. The molecule has 4 aromatic rings. The van der Waals surface area contributed by atoms with Crippen LogP contribution in [0.2, 0.25) is 0 Å². The van der Waals surface area contributed by atoms with Gasteiger partial charge in [0.25, 0.3) is 5.91 Å². The Bertz CT molecular complexity index is 1640. The van der Waals surface area contributed by atoms with E-state index in [4.69, 9.17) is 0 Å². The van der Waals surface area contributed by atoms with E-state index in [1.165, 1.54) is 24.0 Å². The Morgan fingerprint density at radius 3 is 1.89 bits per heavy atom. The first kappa shape index (κ1) is 31.5. The Morgan fingerprint density at radius 2 is 1.36 bits per heavy atom. The predicted octanol–water partition coefficient (Wildman–Crippen LogP) is 7.19. The van der Waals surface area contributed by atoms with Gasteiger partial charge in [0.2, 0.25) is 5.91 Å². The first-order valence-corrected chi connectivity index (χ1v) is 14.7. The largest absolute Gasteiger partial charge is 0.480 e. The molecule has 1 N–H and O–H groups in total. The van der Waals surface area contributed by atoms with Gasteiger partial charge in [-0.25, -0.2) is 4.79 Å². The molecule has 0 aromatic heterocycles. The van der Waals surface area contributed by atoms with E-state index in [0.717, 1.165) is 35.2 Å². The fourth-order valence-corrected chi connectivity index (χ4v) is 5.86. The Morgan fingerprint density at radius 1 is 0.822 bits per heavy atom. The van der Waals surface area contributed by atoms with Crippen LogP contribution >= 0.6 is 0 Å². The smallest absolute Gasteiger partial charge is 0.416 e. The van der Waals surface area contributed by atoms with E-state index < -0.39 is 29.7 Å². The van der Waals surface area contributed by atoms with Crippen molar-refractivity contribution in [3.05, 3.63) is 120 Å². The summed E-state index contributed by atoms with van der Waals surface area (Å²) in [5, 5.41) is 10.4. The number of carbonyl (C=O) groups is 3. The van der Waals surface area contributed by atoms with Gasteiger partial charge in [0.05, 0.1) is 5.56 Å². The number of benzene rings is 4. The maximum absolute atomic E-state index is 14.0. The van der Waals surface area contributed by atoms with Crippen LogP contribution in [0.3, 0.4) is 0 Å². The van der Waals surface area contributed by atoms with Crippen LogP contribution in [0.25, 0.3) is 22.3 Å². The zero-order valence-corrected chi connectivity index (χ0v) is 24.7. The summed E-state index contributed by atoms with van der Waals surface area (Å²) < 4.78 is 39.0. The standard InChI is InChI=1S/C36H33F3N2O4/c1-24(42)40-21-5-8-32(40)23-41(33(35(44)45)22-25-9-11-27(12-10-25)26-6-3-2-4-7-26)34(43)30-15-13-28(14-16-30)29-17-19-31(20-18-29)36(37,38)39/h2-4,6-7,9-20,32-33H,5,8,21-23H2,1H3,(H,44,45)/t32-,33+/m1/s1. The lowest BCUT2D eigenvalue weighted by molar-refractivity contribution is -0.142. The lowest BCUT2D eigenvalue weighted by Gasteiger charge is -2.34.